The third-order valence-corrected chi connectivity index (χ3v) is 3.91. The summed E-state index contributed by atoms with van der Waals surface area (Å²) in [4.78, 5) is 0. The molecular weight excluding hydrogens is 328 g/mol. The van der Waals surface area contributed by atoms with Crippen LogP contribution < -0.4 is 0 Å². The van der Waals surface area contributed by atoms with E-state index in [-0.39, 0.29) is 3.74 Å². The zero-order chi connectivity index (χ0) is 11.1. The molecule has 3 rings (SSSR count). The van der Waals surface area contributed by atoms with Crippen LogP contribution in [0.2, 0.25) is 0 Å². The molecule has 0 N–H and O–H groups in total. The highest BCUT2D eigenvalue weighted by Gasteiger charge is 2.22. The molecular formula is C14H9Br2. The van der Waals surface area contributed by atoms with Crippen LogP contribution in [-0.2, 0) is 0 Å². The average molecular weight is 337 g/mol. The maximum absolute atomic E-state index is 3.58. The monoisotopic (exact) mass is 335 g/mol. The van der Waals surface area contributed by atoms with Gasteiger partial charge in [-0.1, -0.05) is 74.3 Å². The first kappa shape index (κ1) is 10.5. The zero-order valence-electron chi connectivity index (χ0n) is 8.45. The van der Waals surface area contributed by atoms with Crippen LogP contribution in [0.5, 0.6) is 0 Å². The average Bonchev–Trinajstić information content (AvgIpc) is 2.67. The second-order valence-electron chi connectivity index (χ2n) is 3.84. The summed E-state index contributed by atoms with van der Waals surface area (Å²) in [6.45, 7) is 0. The summed E-state index contributed by atoms with van der Waals surface area (Å²) in [5, 5.41) is 0. The molecule has 0 spiro atoms. The highest BCUT2D eigenvalue weighted by Crippen LogP contribution is 2.43. The molecule has 0 amide bonds. The maximum Gasteiger partial charge on any atom is 0.0949 e. The van der Waals surface area contributed by atoms with Crippen molar-refractivity contribution in [2.75, 3.05) is 0 Å². The van der Waals surface area contributed by atoms with Crippen LogP contribution >= 0.6 is 31.9 Å². The van der Waals surface area contributed by atoms with Gasteiger partial charge in [-0.3, -0.25) is 0 Å². The highest BCUT2D eigenvalue weighted by molar-refractivity contribution is 9.24. The summed E-state index contributed by atoms with van der Waals surface area (Å²) < 4.78 is 0.209. The van der Waals surface area contributed by atoms with Gasteiger partial charge in [0.1, 0.15) is 0 Å². The Labute approximate surface area is 112 Å². The van der Waals surface area contributed by atoms with Crippen molar-refractivity contribution in [1.82, 2.24) is 0 Å². The second kappa shape index (κ2) is 4.01. The minimum atomic E-state index is 0.209. The van der Waals surface area contributed by atoms with E-state index in [4.69, 9.17) is 0 Å². The Hall–Kier alpha value is -0.600. The van der Waals surface area contributed by atoms with Gasteiger partial charge in [-0.05, 0) is 27.8 Å². The van der Waals surface area contributed by atoms with Gasteiger partial charge in [0, 0.05) is 6.42 Å². The lowest BCUT2D eigenvalue weighted by atomic mass is 10.0. The number of hydrogen-bond donors (Lipinski definition) is 0. The SMILES string of the molecule is BrC(Br)c1cccc2c1[CH]c1ccccc1-2. The first-order chi connectivity index (χ1) is 7.77. The molecule has 2 aromatic rings. The van der Waals surface area contributed by atoms with E-state index >= 15 is 0 Å². The first-order valence-corrected chi connectivity index (χ1v) is 6.96. The third kappa shape index (κ3) is 1.56. The third-order valence-electron chi connectivity index (χ3n) is 2.93. The number of hydrogen-bond acceptors (Lipinski definition) is 0. The lowest BCUT2D eigenvalue weighted by molar-refractivity contribution is 1.36. The summed E-state index contributed by atoms with van der Waals surface area (Å²) in [6.07, 6.45) is 2.26. The highest BCUT2D eigenvalue weighted by atomic mass is 79.9. The lowest BCUT2D eigenvalue weighted by Crippen LogP contribution is -1.88. The van der Waals surface area contributed by atoms with Crippen molar-refractivity contribution in [3.05, 3.63) is 65.6 Å². The molecule has 1 aliphatic rings. The number of alkyl halides is 2. The van der Waals surface area contributed by atoms with Gasteiger partial charge < -0.3 is 0 Å². The summed E-state index contributed by atoms with van der Waals surface area (Å²) >= 11 is 7.16. The topological polar surface area (TPSA) is 0 Å². The van der Waals surface area contributed by atoms with Crippen molar-refractivity contribution in [1.29, 1.82) is 0 Å². The molecule has 1 radical (unpaired) electrons. The van der Waals surface area contributed by atoms with Crippen molar-refractivity contribution >= 4 is 31.9 Å². The Balaban J connectivity index is 2.24. The Morgan fingerprint density at radius 3 is 2.38 bits per heavy atom. The lowest BCUT2D eigenvalue weighted by Gasteiger charge is -2.08. The van der Waals surface area contributed by atoms with E-state index in [1.54, 1.807) is 0 Å². The van der Waals surface area contributed by atoms with Crippen LogP contribution in [0.4, 0.5) is 0 Å². The van der Waals surface area contributed by atoms with Crippen molar-refractivity contribution in [3.63, 3.8) is 0 Å². The molecule has 0 heterocycles. The minimum absolute atomic E-state index is 0.209. The molecule has 79 valence electrons. The van der Waals surface area contributed by atoms with Crippen LogP contribution in [0.3, 0.4) is 0 Å². The summed E-state index contributed by atoms with van der Waals surface area (Å²) in [7, 11) is 0. The molecule has 0 bridgehead atoms. The van der Waals surface area contributed by atoms with Gasteiger partial charge >= 0.3 is 0 Å². The molecule has 0 saturated heterocycles. The van der Waals surface area contributed by atoms with Crippen molar-refractivity contribution in [3.8, 4) is 11.1 Å². The van der Waals surface area contributed by atoms with Crippen LogP contribution in [-0.4, -0.2) is 0 Å². The molecule has 2 aromatic carbocycles. The molecule has 0 atom stereocenters. The molecule has 0 unspecified atom stereocenters. The summed E-state index contributed by atoms with van der Waals surface area (Å²) in [6, 6.07) is 15.0. The normalized spacial score (nSPS) is 12.7. The van der Waals surface area contributed by atoms with Gasteiger partial charge in [0.15, 0.2) is 0 Å². The Morgan fingerprint density at radius 2 is 1.56 bits per heavy atom. The number of benzene rings is 2. The maximum atomic E-state index is 3.58. The van der Waals surface area contributed by atoms with Crippen molar-refractivity contribution in [2.45, 2.75) is 3.74 Å². The van der Waals surface area contributed by atoms with Crippen LogP contribution in [0.1, 0.15) is 20.4 Å². The molecule has 0 aromatic heterocycles. The Kier molecular flexibility index (Phi) is 2.64. The van der Waals surface area contributed by atoms with E-state index in [2.05, 4.69) is 80.7 Å². The fourth-order valence-electron chi connectivity index (χ4n) is 2.19. The molecule has 1 aliphatic carbocycles. The number of halogens is 2. The summed E-state index contributed by atoms with van der Waals surface area (Å²) in [5.74, 6) is 0. The standard InChI is InChI=1S/C14H9Br2/c15-14(16)12-7-3-6-11-10-5-2-1-4-9(10)8-13(11)12/h1-8,14H. The fourth-order valence-corrected chi connectivity index (χ4v) is 2.99. The molecule has 0 nitrogen and oxygen atoms in total. The smallest absolute Gasteiger partial charge is 0.0712 e. The van der Waals surface area contributed by atoms with E-state index in [0.29, 0.717) is 0 Å². The molecule has 0 aliphatic heterocycles. The quantitative estimate of drug-likeness (QED) is 0.545. The summed E-state index contributed by atoms with van der Waals surface area (Å²) in [5.41, 5.74) is 6.58. The van der Waals surface area contributed by atoms with Gasteiger partial charge in [0.25, 0.3) is 0 Å². The predicted molar refractivity (Wildman–Crippen MR) is 75.0 cm³/mol. The Bertz CT molecular complexity index is 544. The molecule has 0 saturated carbocycles. The predicted octanol–water partition coefficient (Wildman–Crippen LogP) is 5.06. The van der Waals surface area contributed by atoms with Gasteiger partial charge in [-0.2, -0.15) is 0 Å². The van der Waals surface area contributed by atoms with Gasteiger partial charge in [0.05, 0.1) is 3.74 Å². The number of fused-ring (bicyclic) bond motifs is 3. The zero-order valence-corrected chi connectivity index (χ0v) is 11.6. The Morgan fingerprint density at radius 1 is 0.812 bits per heavy atom. The fraction of sp³-hybridized carbons (Fsp3) is 0.0714. The van der Waals surface area contributed by atoms with E-state index in [1.807, 2.05) is 0 Å². The molecule has 0 fully saturated rings. The second-order valence-corrected chi connectivity index (χ2v) is 6.90. The van der Waals surface area contributed by atoms with Gasteiger partial charge in [0.2, 0.25) is 0 Å². The van der Waals surface area contributed by atoms with E-state index in [1.165, 1.54) is 27.8 Å². The largest absolute Gasteiger partial charge is 0.0949 e. The van der Waals surface area contributed by atoms with Crippen LogP contribution in [0.15, 0.2) is 42.5 Å². The van der Waals surface area contributed by atoms with E-state index in [0.717, 1.165) is 0 Å². The first-order valence-electron chi connectivity index (χ1n) is 5.12. The molecule has 2 heteroatoms. The molecule has 16 heavy (non-hydrogen) atoms. The van der Waals surface area contributed by atoms with Crippen molar-refractivity contribution < 1.29 is 0 Å². The van der Waals surface area contributed by atoms with Crippen LogP contribution in [0.25, 0.3) is 11.1 Å². The van der Waals surface area contributed by atoms with Gasteiger partial charge in [-0.25, -0.2) is 0 Å². The van der Waals surface area contributed by atoms with Crippen LogP contribution in [0, 0.1) is 6.42 Å². The number of rotatable bonds is 1. The minimum Gasteiger partial charge on any atom is -0.0712 e. The van der Waals surface area contributed by atoms with Gasteiger partial charge in [-0.15, -0.1) is 0 Å². The van der Waals surface area contributed by atoms with Crippen molar-refractivity contribution in [2.24, 2.45) is 0 Å². The van der Waals surface area contributed by atoms with E-state index < -0.39 is 0 Å². The van der Waals surface area contributed by atoms with E-state index in [9.17, 15) is 0 Å².